The summed E-state index contributed by atoms with van der Waals surface area (Å²) < 4.78 is 0. The summed E-state index contributed by atoms with van der Waals surface area (Å²) in [4.78, 5) is 3.77. The molecule has 0 aliphatic carbocycles. The van der Waals surface area contributed by atoms with Gasteiger partial charge in [-0.2, -0.15) is 0 Å². The third-order valence-corrected chi connectivity index (χ3v) is 1.77. The Bertz CT molecular complexity index is 346. The summed E-state index contributed by atoms with van der Waals surface area (Å²) in [7, 11) is 0. The number of para-hydroxylation sites is 1. The number of aromatic hydroxyl groups is 2. The number of hydrogen-bond donors (Lipinski definition) is 4. The molecule has 76 valence electrons. The highest BCUT2D eigenvalue weighted by Gasteiger charge is 2.04. The van der Waals surface area contributed by atoms with Crippen LogP contribution in [0.3, 0.4) is 0 Å². The monoisotopic (exact) mass is 195 g/mol. The third-order valence-electron chi connectivity index (χ3n) is 1.77. The maximum absolute atomic E-state index is 9.40. The quantitative estimate of drug-likeness (QED) is 0.307. The van der Waals surface area contributed by atoms with Crippen molar-refractivity contribution in [2.24, 2.45) is 16.5 Å². The van der Waals surface area contributed by atoms with Crippen LogP contribution in [0, 0.1) is 0 Å². The van der Waals surface area contributed by atoms with Gasteiger partial charge in [-0.25, -0.2) is 0 Å². The second-order valence-electron chi connectivity index (χ2n) is 2.84. The molecular formula is C9H13N3O2. The second-order valence-corrected chi connectivity index (χ2v) is 2.84. The Morgan fingerprint density at radius 2 is 2.00 bits per heavy atom. The number of aliphatic imine (C=N–C) groups is 1. The van der Waals surface area contributed by atoms with E-state index in [4.69, 9.17) is 11.5 Å². The summed E-state index contributed by atoms with van der Waals surface area (Å²) in [5.41, 5.74) is 10.9. The van der Waals surface area contributed by atoms with E-state index in [2.05, 4.69) is 4.99 Å². The molecule has 5 nitrogen and oxygen atoms in total. The molecule has 0 saturated carbocycles. The van der Waals surface area contributed by atoms with Crippen LogP contribution in [0.1, 0.15) is 5.56 Å². The summed E-state index contributed by atoms with van der Waals surface area (Å²) in [6, 6.07) is 4.77. The van der Waals surface area contributed by atoms with E-state index in [1.54, 1.807) is 12.1 Å². The van der Waals surface area contributed by atoms with Crippen molar-refractivity contribution in [2.45, 2.75) is 6.42 Å². The lowest BCUT2D eigenvalue weighted by molar-refractivity contribution is 0.399. The molecule has 0 saturated heterocycles. The molecule has 6 N–H and O–H groups in total. The lowest BCUT2D eigenvalue weighted by Gasteiger charge is -2.03. The molecule has 0 aliphatic heterocycles. The van der Waals surface area contributed by atoms with Crippen molar-refractivity contribution in [1.29, 1.82) is 0 Å². The minimum absolute atomic E-state index is 0.0182. The molecule has 0 unspecified atom stereocenters. The molecule has 0 aliphatic rings. The average molecular weight is 195 g/mol. The third kappa shape index (κ3) is 2.55. The Hall–Kier alpha value is -1.91. The molecule has 1 rings (SSSR count). The van der Waals surface area contributed by atoms with Crippen LogP contribution in [0.15, 0.2) is 23.2 Å². The van der Waals surface area contributed by atoms with Crippen molar-refractivity contribution in [3.63, 3.8) is 0 Å². The molecular weight excluding hydrogens is 182 g/mol. The normalized spacial score (nSPS) is 9.71. The molecule has 0 fully saturated rings. The number of guanidine groups is 1. The zero-order chi connectivity index (χ0) is 10.6. The standard InChI is InChI=1S/C9H13N3O2/c10-9(11)12-5-4-6-2-1-3-7(13)8(6)14/h1-3,13-14H,4-5H2,(H4,10,11,12). The second kappa shape index (κ2) is 4.36. The van der Waals surface area contributed by atoms with Gasteiger partial charge in [-0.15, -0.1) is 0 Å². The Labute approximate surface area is 81.7 Å². The molecule has 0 radical (unpaired) electrons. The number of phenolic OH excluding ortho intramolecular Hbond substituents is 2. The molecule has 0 bridgehead atoms. The van der Waals surface area contributed by atoms with Crippen LogP contribution in [0.2, 0.25) is 0 Å². The Balaban J connectivity index is 2.68. The number of phenols is 2. The zero-order valence-corrected chi connectivity index (χ0v) is 7.64. The van der Waals surface area contributed by atoms with Crippen LogP contribution >= 0.6 is 0 Å². The maximum atomic E-state index is 9.40. The smallest absolute Gasteiger partial charge is 0.185 e. The van der Waals surface area contributed by atoms with Gasteiger partial charge in [0.1, 0.15) is 0 Å². The van der Waals surface area contributed by atoms with Crippen molar-refractivity contribution >= 4 is 5.96 Å². The van der Waals surface area contributed by atoms with Gasteiger partial charge in [-0.05, 0) is 18.1 Å². The van der Waals surface area contributed by atoms with E-state index < -0.39 is 0 Å². The molecule has 1 aromatic rings. The first-order chi connectivity index (χ1) is 6.61. The van der Waals surface area contributed by atoms with Gasteiger partial charge in [0.15, 0.2) is 17.5 Å². The highest BCUT2D eigenvalue weighted by molar-refractivity contribution is 5.75. The molecule has 0 amide bonds. The molecule has 0 atom stereocenters. The number of nitrogens with zero attached hydrogens (tertiary/aromatic N) is 1. The van der Waals surface area contributed by atoms with E-state index in [1.165, 1.54) is 6.07 Å². The van der Waals surface area contributed by atoms with Gasteiger partial charge in [0.25, 0.3) is 0 Å². The van der Waals surface area contributed by atoms with Crippen LogP contribution < -0.4 is 11.5 Å². The van der Waals surface area contributed by atoms with Gasteiger partial charge in [-0.1, -0.05) is 12.1 Å². The summed E-state index contributed by atoms with van der Waals surface area (Å²) in [6.07, 6.45) is 0.484. The van der Waals surface area contributed by atoms with Crippen molar-refractivity contribution in [3.8, 4) is 11.5 Å². The minimum Gasteiger partial charge on any atom is -0.504 e. The van der Waals surface area contributed by atoms with E-state index in [9.17, 15) is 10.2 Å². The fourth-order valence-electron chi connectivity index (χ4n) is 1.08. The van der Waals surface area contributed by atoms with Crippen molar-refractivity contribution < 1.29 is 10.2 Å². The fourth-order valence-corrected chi connectivity index (χ4v) is 1.08. The lowest BCUT2D eigenvalue weighted by Crippen LogP contribution is -2.23. The van der Waals surface area contributed by atoms with Crippen LogP contribution in [-0.4, -0.2) is 22.7 Å². The van der Waals surface area contributed by atoms with E-state index in [0.717, 1.165) is 0 Å². The van der Waals surface area contributed by atoms with Gasteiger partial charge in [0, 0.05) is 6.54 Å². The summed E-state index contributed by atoms with van der Waals surface area (Å²) in [5.74, 6) is -0.227. The SMILES string of the molecule is NC(N)=NCCc1cccc(O)c1O. The van der Waals surface area contributed by atoms with Crippen molar-refractivity contribution in [1.82, 2.24) is 0 Å². The van der Waals surface area contributed by atoms with Crippen LogP contribution in [0.25, 0.3) is 0 Å². The van der Waals surface area contributed by atoms with E-state index in [-0.39, 0.29) is 17.5 Å². The number of rotatable bonds is 3. The van der Waals surface area contributed by atoms with Crippen LogP contribution in [0.5, 0.6) is 11.5 Å². The molecule has 0 heterocycles. The topological polar surface area (TPSA) is 105 Å². The van der Waals surface area contributed by atoms with Gasteiger partial charge in [0.2, 0.25) is 0 Å². The van der Waals surface area contributed by atoms with E-state index in [1.807, 2.05) is 0 Å². The molecule has 0 spiro atoms. The highest BCUT2D eigenvalue weighted by Crippen LogP contribution is 2.28. The molecule has 14 heavy (non-hydrogen) atoms. The largest absolute Gasteiger partial charge is 0.504 e. The Morgan fingerprint density at radius 1 is 1.29 bits per heavy atom. The van der Waals surface area contributed by atoms with Gasteiger partial charge in [0.05, 0.1) is 0 Å². The zero-order valence-electron chi connectivity index (χ0n) is 7.64. The summed E-state index contributed by atoms with van der Waals surface area (Å²) >= 11 is 0. The van der Waals surface area contributed by atoms with E-state index >= 15 is 0 Å². The predicted octanol–water partition coefficient (Wildman–Crippen LogP) is -0.0863. The summed E-state index contributed by atoms with van der Waals surface area (Å²) in [5, 5.41) is 18.6. The number of nitrogens with two attached hydrogens (primary N) is 2. The minimum atomic E-state index is -0.132. The van der Waals surface area contributed by atoms with Gasteiger partial charge >= 0.3 is 0 Å². The van der Waals surface area contributed by atoms with Crippen LogP contribution in [-0.2, 0) is 6.42 Å². The first-order valence-corrected chi connectivity index (χ1v) is 4.16. The van der Waals surface area contributed by atoms with E-state index in [0.29, 0.717) is 18.5 Å². The number of hydrogen-bond acceptors (Lipinski definition) is 3. The Morgan fingerprint density at radius 3 is 2.64 bits per heavy atom. The van der Waals surface area contributed by atoms with Crippen LogP contribution in [0.4, 0.5) is 0 Å². The van der Waals surface area contributed by atoms with Gasteiger partial charge < -0.3 is 21.7 Å². The molecule has 0 aromatic heterocycles. The molecule has 5 heteroatoms. The summed E-state index contributed by atoms with van der Waals surface area (Å²) in [6.45, 7) is 0.388. The maximum Gasteiger partial charge on any atom is 0.185 e. The average Bonchev–Trinajstić information content (AvgIpc) is 2.12. The first-order valence-electron chi connectivity index (χ1n) is 4.16. The van der Waals surface area contributed by atoms with Gasteiger partial charge in [-0.3, -0.25) is 4.99 Å². The first kappa shape index (κ1) is 10.2. The lowest BCUT2D eigenvalue weighted by atomic mass is 10.1. The van der Waals surface area contributed by atoms with Crippen molar-refractivity contribution in [2.75, 3.05) is 6.54 Å². The fraction of sp³-hybridized carbons (Fsp3) is 0.222. The Kier molecular flexibility index (Phi) is 3.17. The predicted molar refractivity (Wildman–Crippen MR) is 54.2 cm³/mol. The highest BCUT2D eigenvalue weighted by atomic mass is 16.3. The van der Waals surface area contributed by atoms with Crippen molar-refractivity contribution in [3.05, 3.63) is 23.8 Å². The molecule has 1 aromatic carbocycles. The number of benzene rings is 1.